The second kappa shape index (κ2) is 6.84. The number of anilines is 1. The lowest BCUT2D eigenvalue weighted by atomic mass is 10.2. The summed E-state index contributed by atoms with van der Waals surface area (Å²) in [6.07, 6.45) is 5.27. The molecular weight excluding hydrogens is 326 g/mol. The van der Waals surface area contributed by atoms with Crippen LogP contribution in [-0.4, -0.2) is 34.4 Å². The smallest absolute Gasteiger partial charge is 0.338 e. The van der Waals surface area contributed by atoms with E-state index >= 15 is 0 Å². The quantitative estimate of drug-likeness (QED) is 0.667. The molecule has 0 radical (unpaired) electrons. The van der Waals surface area contributed by atoms with Crippen molar-refractivity contribution in [3.8, 4) is 0 Å². The highest BCUT2D eigenvalue weighted by molar-refractivity contribution is 7.19. The van der Waals surface area contributed by atoms with Gasteiger partial charge in [0, 0.05) is 30.8 Å². The number of hydrogen-bond donors (Lipinski definition) is 0. The maximum Gasteiger partial charge on any atom is 0.338 e. The van der Waals surface area contributed by atoms with Crippen LogP contribution in [0, 0.1) is 0 Å². The second-order valence-corrected chi connectivity index (χ2v) is 6.04. The van der Waals surface area contributed by atoms with Crippen molar-refractivity contribution in [1.82, 2.24) is 9.38 Å². The molecule has 1 aromatic carbocycles. The van der Waals surface area contributed by atoms with Gasteiger partial charge in [-0.1, -0.05) is 17.4 Å². The molecule has 3 aromatic rings. The number of benzene rings is 1. The molecule has 1 amide bonds. The summed E-state index contributed by atoms with van der Waals surface area (Å²) in [5.74, 6) is -0.508. The Hall–Kier alpha value is -2.67. The van der Waals surface area contributed by atoms with Crippen molar-refractivity contribution >= 4 is 33.9 Å². The van der Waals surface area contributed by atoms with Gasteiger partial charge in [-0.05, 0) is 32.0 Å². The zero-order valence-electron chi connectivity index (χ0n) is 13.4. The lowest BCUT2D eigenvalue weighted by Gasteiger charge is -2.20. The Morgan fingerprint density at radius 2 is 2.17 bits per heavy atom. The van der Waals surface area contributed by atoms with E-state index in [4.69, 9.17) is 4.74 Å². The molecule has 0 unspecified atom stereocenters. The normalized spacial score (nSPS) is 10.8. The van der Waals surface area contributed by atoms with E-state index in [-0.39, 0.29) is 5.91 Å². The molecule has 0 aliphatic heterocycles. The number of rotatable bonds is 5. The van der Waals surface area contributed by atoms with Crippen LogP contribution in [0.25, 0.3) is 4.96 Å². The van der Waals surface area contributed by atoms with E-state index in [0.717, 1.165) is 4.96 Å². The number of imidazole rings is 1. The fraction of sp³-hybridized carbons (Fsp3) is 0.235. The van der Waals surface area contributed by atoms with Crippen LogP contribution < -0.4 is 4.90 Å². The summed E-state index contributed by atoms with van der Waals surface area (Å²) in [6, 6.07) is 6.92. The Labute approximate surface area is 143 Å². The molecule has 6 nitrogen and oxygen atoms in total. The fourth-order valence-electron chi connectivity index (χ4n) is 2.42. The molecule has 0 aliphatic carbocycles. The topological polar surface area (TPSA) is 63.9 Å². The van der Waals surface area contributed by atoms with E-state index in [9.17, 15) is 9.59 Å². The first-order valence-corrected chi connectivity index (χ1v) is 8.47. The molecule has 0 bridgehead atoms. The van der Waals surface area contributed by atoms with Gasteiger partial charge in [-0.3, -0.25) is 9.20 Å². The lowest BCUT2D eigenvalue weighted by Crippen LogP contribution is -2.30. The first-order valence-electron chi connectivity index (χ1n) is 7.65. The summed E-state index contributed by atoms with van der Waals surface area (Å²) in [5.41, 5.74) is 1.10. The maximum absolute atomic E-state index is 12.8. The van der Waals surface area contributed by atoms with Gasteiger partial charge in [0.15, 0.2) is 4.96 Å². The molecule has 2 heterocycles. The van der Waals surface area contributed by atoms with Gasteiger partial charge in [-0.2, -0.15) is 0 Å². The summed E-state index contributed by atoms with van der Waals surface area (Å²) in [5, 5.41) is 0. The highest BCUT2D eigenvalue weighted by Crippen LogP contribution is 2.23. The average molecular weight is 343 g/mol. The van der Waals surface area contributed by atoms with E-state index in [1.54, 1.807) is 48.6 Å². The fourth-order valence-corrected chi connectivity index (χ4v) is 3.31. The van der Waals surface area contributed by atoms with Gasteiger partial charge in [0.2, 0.25) is 0 Å². The van der Waals surface area contributed by atoms with Crippen LogP contribution in [-0.2, 0) is 4.74 Å². The van der Waals surface area contributed by atoms with Crippen molar-refractivity contribution in [2.24, 2.45) is 0 Å². The number of amides is 1. The SMILES string of the molecule is CCOC(=O)c1cccc(N(CC)C(=O)c2cn3ccnc3s2)c1. The van der Waals surface area contributed by atoms with E-state index in [1.807, 2.05) is 17.4 Å². The van der Waals surface area contributed by atoms with E-state index in [1.165, 1.54) is 11.3 Å². The summed E-state index contributed by atoms with van der Waals surface area (Å²) >= 11 is 1.34. The van der Waals surface area contributed by atoms with E-state index < -0.39 is 5.97 Å². The molecule has 2 aromatic heterocycles. The molecule has 0 atom stereocenters. The van der Waals surface area contributed by atoms with Gasteiger partial charge in [0.05, 0.1) is 12.2 Å². The van der Waals surface area contributed by atoms with Gasteiger partial charge in [-0.15, -0.1) is 0 Å². The first-order chi connectivity index (χ1) is 11.6. The van der Waals surface area contributed by atoms with Gasteiger partial charge in [-0.25, -0.2) is 9.78 Å². The zero-order valence-corrected chi connectivity index (χ0v) is 14.2. The minimum absolute atomic E-state index is 0.117. The molecule has 24 heavy (non-hydrogen) atoms. The number of aromatic nitrogens is 2. The minimum atomic E-state index is -0.391. The molecule has 0 aliphatic rings. The van der Waals surface area contributed by atoms with Gasteiger partial charge < -0.3 is 9.64 Å². The largest absolute Gasteiger partial charge is 0.462 e. The van der Waals surface area contributed by atoms with Crippen molar-refractivity contribution in [1.29, 1.82) is 0 Å². The van der Waals surface area contributed by atoms with Crippen LogP contribution in [0.4, 0.5) is 5.69 Å². The van der Waals surface area contributed by atoms with Crippen molar-refractivity contribution in [2.45, 2.75) is 13.8 Å². The van der Waals surface area contributed by atoms with E-state index in [0.29, 0.717) is 29.3 Å². The Bertz CT molecular complexity index is 855. The van der Waals surface area contributed by atoms with Gasteiger partial charge in [0.25, 0.3) is 5.91 Å². The molecule has 0 saturated carbocycles. The van der Waals surface area contributed by atoms with Crippen molar-refractivity contribution in [2.75, 3.05) is 18.1 Å². The number of esters is 1. The molecule has 0 N–H and O–H groups in total. The van der Waals surface area contributed by atoms with E-state index in [2.05, 4.69) is 4.98 Å². The standard InChI is InChI=1S/C17H17N3O3S/c1-3-20(13-7-5-6-12(10-13)16(22)23-4-2)15(21)14-11-19-9-8-18-17(19)24-14/h5-11H,3-4H2,1-2H3. The number of hydrogen-bond acceptors (Lipinski definition) is 5. The Balaban J connectivity index is 1.90. The van der Waals surface area contributed by atoms with Crippen LogP contribution in [0.2, 0.25) is 0 Å². The van der Waals surface area contributed by atoms with Crippen LogP contribution in [0.15, 0.2) is 42.9 Å². The lowest BCUT2D eigenvalue weighted by molar-refractivity contribution is 0.0526. The summed E-state index contributed by atoms with van der Waals surface area (Å²) in [6.45, 7) is 4.46. The molecule has 3 rings (SSSR count). The van der Waals surface area contributed by atoms with Crippen LogP contribution in [0.1, 0.15) is 33.9 Å². The predicted octanol–water partition coefficient (Wildman–Crippen LogP) is 3.24. The van der Waals surface area contributed by atoms with Crippen LogP contribution in [0.3, 0.4) is 0 Å². The number of nitrogens with zero attached hydrogens (tertiary/aromatic N) is 3. The van der Waals surface area contributed by atoms with Crippen molar-refractivity contribution in [3.05, 3.63) is 53.3 Å². The Morgan fingerprint density at radius 3 is 2.88 bits per heavy atom. The number of ether oxygens (including phenoxy) is 1. The highest BCUT2D eigenvalue weighted by atomic mass is 32.1. The van der Waals surface area contributed by atoms with Crippen molar-refractivity contribution < 1.29 is 14.3 Å². The molecule has 0 saturated heterocycles. The highest BCUT2D eigenvalue weighted by Gasteiger charge is 2.20. The number of carbonyl (C=O) groups excluding carboxylic acids is 2. The Morgan fingerprint density at radius 1 is 1.33 bits per heavy atom. The number of fused-ring (bicyclic) bond motifs is 1. The third-order valence-electron chi connectivity index (χ3n) is 3.53. The maximum atomic E-state index is 12.8. The van der Waals surface area contributed by atoms with Crippen LogP contribution in [0.5, 0.6) is 0 Å². The average Bonchev–Trinajstić information content (AvgIpc) is 3.17. The van der Waals surface area contributed by atoms with Crippen LogP contribution >= 0.6 is 11.3 Å². The third kappa shape index (κ3) is 3.03. The number of thiazole rings is 1. The summed E-state index contributed by atoms with van der Waals surface area (Å²) < 4.78 is 6.84. The predicted molar refractivity (Wildman–Crippen MR) is 92.8 cm³/mol. The summed E-state index contributed by atoms with van der Waals surface area (Å²) in [7, 11) is 0. The summed E-state index contributed by atoms with van der Waals surface area (Å²) in [4.78, 5) is 31.9. The van der Waals surface area contributed by atoms with Crippen molar-refractivity contribution in [3.63, 3.8) is 0 Å². The second-order valence-electron chi connectivity index (χ2n) is 5.03. The van der Waals surface area contributed by atoms with Gasteiger partial charge in [0.1, 0.15) is 4.88 Å². The monoisotopic (exact) mass is 343 g/mol. The molecule has 0 fully saturated rings. The van der Waals surface area contributed by atoms with Gasteiger partial charge >= 0.3 is 5.97 Å². The number of carbonyl (C=O) groups is 2. The molecule has 124 valence electrons. The first kappa shape index (κ1) is 16.2. The molecular formula is C17H17N3O3S. The minimum Gasteiger partial charge on any atom is -0.462 e. The Kier molecular flexibility index (Phi) is 4.61. The molecule has 0 spiro atoms. The molecule has 7 heteroatoms. The third-order valence-corrected chi connectivity index (χ3v) is 4.53. The zero-order chi connectivity index (χ0) is 17.1.